The standard InChI is InChI=1S/C19H21N3O6/c1-4-27-17-9-15(22(25)26)8-14(19(17)24)10-20-21-18(23)11-28-16-6-5-12(2)7-13(16)3/h5-10,24H,4,11H2,1-3H3,(H,21,23)/b20-10-. The van der Waals surface area contributed by atoms with Gasteiger partial charge in [-0.05, 0) is 32.4 Å². The van der Waals surface area contributed by atoms with E-state index >= 15 is 0 Å². The van der Waals surface area contributed by atoms with E-state index < -0.39 is 10.8 Å². The average Bonchev–Trinajstić information content (AvgIpc) is 2.63. The summed E-state index contributed by atoms with van der Waals surface area (Å²) in [5, 5.41) is 24.8. The SMILES string of the molecule is CCOc1cc([N+](=O)[O-])cc(/C=N\NC(=O)COc2ccc(C)cc2C)c1O. The third-order valence-corrected chi connectivity index (χ3v) is 3.68. The van der Waals surface area contributed by atoms with E-state index in [1.54, 1.807) is 13.0 Å². The molecule has 0 fully saturated rings. The van der Waals surface area contributed by atoms with Crippen molar-refractivity contribution in [2.24, 2.45) is 5.10 Å². The first-order valence-electron chi connectivity index (χ1n) is 8.48. The lowest BCUT2D eigenvalue weighted by atomic mass is 10.1. The highest BCUT2D eigenvalue weighted by molar-refractivity contribution is 5.87. The minimum atomic E-state index is -0.615. The lowest BCUT2D eigenvalue weighted by Gasteiger charge is -2.09. The number of nitro benzene ring substituents is 1. The number of hydrogen-bond acceptors (Lipinski definition) is 7. The van der Waals surface area contributed by atoms with Crippen LogP contribution in [0.2, 0.25) is 0 Å². The largest absolute Gasteiger partial charge is 0.504 e. The van der Waals surface area contributed by atoms with E-state index in [0.717, 1.165) is 29.5 Å². The predicted octanol–water partition coefficient (Wildman–Crippen LogP) is 2.85. The van der Waals surface area contributed by atoms with Crippen molar-refractivity contribution in [1.82, 2.24) is 5.43 Å². The maximum absolute atomic E-state index is 11.9. The molecule has 2 aromatic rings. The minimum absolute atomic E-state index is 0.0354. The summed E-state index contributed by atoms with van der Waals surface area (Å²) in [7, 11) is 0. The number of aromatic hydroxyl groups is 1. The maximum Gasteiger partial charge on any atom is 0.277 e. The number of rotatable bonds is 8. The third kappa shape index (κ3) is 5.44. The zero-order valence-electron chi connectivity index (χ0n) is 15.8. The lowest BCUT2D eigenvalue weighted by Crippen LogP contribution is -2.24. The molecule has 0 unspecified atom stereocenters. The first-order chi connectivity index (χ1) is 13.3. The number of amides is 1. The molecule has 2 aromatic carbocycles. The molecule has 0 radical (unpaired) electrons. The van der Waals surface area contributed by atoms with Gasteiger partial charge in [-0.1, -0.05) is 17.7 Å². The molecule has 0 saturated heterocycles. The number of nitro groups is 1. The topological polar surface area (TPSA) is 123 Å². The number of aryl methyl sites for hydroxylation is 2. The molecule has 2 rings (SSSR count). The Balaban J connectivity index is 2.03. The second kappa shape index (κ2) is 9.36. The van der Waals surface area contributed by atoms with Gasteiger partial charge in [-0.25, -0.2) is 5.43 Å². The van der Waals surface area contributed by atoms with Crippen LogP contribution in [0.4, 0.5) is 5.69 Å². The fourth-order valence-corrected chi connectivity index (χ4v) is 2.39. The summed E-state index contributed by atoms with van der Waals surface area (Å²) in [4.78, 5) is 22.3. The van der Waals surface area contributed by atoms with Crippen molar-refractivity contribution in [3.8, 4) is 17.2 Å². The molecule has 0 atom stereocenters. The molecule has 1 amide bonds. The van der Waals surface area contributed by atoms with Crippen molar-refractivity contribution in [1.29, 1.82) is 0 Å². The van der Waals surface area contributed by atoms with Crippen LogP contribution in [0.15, 0.2) is 35.4 Å². The van der Waals surface area contributed by atoms with Crippen LogP contribution in [0.25, 0.3) is 0 Å². The normalized spacial score (nSPS) is 10.7. The number of phenols is 1. The number of carbonyl (C=O) groups is 1. The summed E-state index contributed by atoms with van der Waals surface area (Å²) in [6.45, 7) is 5.48. The van der Waals surface area contributed by atoms with Gasteiger partial charge in [0.15, 0.2) is 18.1 Å². The monoisotopic (exact) mass is 387 g/mol. The molecule has 0 heterocycles. The summed E-state index contributed by atoms with van der Waals surface area (Å²) in [5.74, 6) is -0.284. The summed E-state index contributed by atoms with van der Waals surface area (Å²) < 4.78 is 10.6. The molecular weight excluding hydrogens is 366 g/mol. The molecule has 9 nitrogen and oxygen atoms in total. The van der Waals surface area contributed by atoms with Crippen molar-refractivity contribution in [3.63, 3.8) is 0 Å². The Morgan fingerprint density at radius 1 is 1.25 bits per heavy atom. The molecule has 0 bridgehead atoms. The zero-order valence-corrected chi connectivity index (χ0v) is 15.8. The Morgan fingerprint density at radius 3 is 2.64 bits per heavy atom. The number of ether oxygens (including phenoxy) is 2. The molecule has 0 spiro atoms. The van der Waals surface area contributed by atoms with Crippen molar-refractivity contribution < 1.29 is 24.3 Å². The molecule has 2 N–H and O–H groups in total. The van der Waals surface area contributed by atoms with E-state index in [0.29, 0.717) is 5.75 Å². The molecule has 28 heavy (non-hydrogen) atoms. The fraction of sp³-hybridized carbons (Fsp3) is 0.263. The van der Waals surface area contributed by atoms with Crippen molar-refractivity contribution >= 4 is 17.8 Å². The molecule has 0 aliphatic heterocycles. The van der Waals surface area contributed by atoms with Gasteiger partial charge in [0.25, 0.3) is 11.6 Å². The molecule has 0 aromatic heterocycles. The van der Waals surface area contributed by atoms with E-state index in [1.165, 1.54) is 0 Å². The fourth-order valence-electron chi connectivity index (χ4n) is 2.39. The number of carbonyl (C=O) groups excluding carboxylic acids is 1. The molecule has 0 saturated carbocycles. The Hall–Kier alpha value is -3.62. The van der Waals surface area contributed by atoms with Crippen LogP contribution < -0.4 is 14.9 Å². The van der Waals surface area contributed by atoms with Crippen LogP contribution in [-0.2, 0) is 4.79 Å². The van der Waals surface area contributed by atoms with Gasteiger partial charge in [0.2, 0.25) is 0 Å². The Morgan fingerprint density at radius 2 is 2.00 bits per heavy atom. The minimum Gasteiger partial charge on any atom is -0.504 e. The van der Waals surface area contributed by atoms with E-state index in [1.807, 2.05) is 26.0 Å². The number of nitrogens with one attached hydrogen (secondary N) is 1. The number of nitrogens with zero attached hydrogens (tertiary/aromatic N) is 2. The second-order valence-electron chi connectivity index (χ2n) is 5.92. The van der Waals surface area contributed by atoms with E-state index in [-0.39, 0.29) is 36.0 Å². The summed E-state index contributed by atoms with van der Waals surface area (Å²) in [6.07, 6.45) is 1.10. The average molecular weight is 387 g/mol. The Kier molecular flexibility index (Phi) is 6.91. The number of hydrogen-bond donors (Lipinski definition) is 2. The van der Waals surface area contributed by atoms with Gasteiger partial charge in [-0.15, -0.1) is 0 Å². The predicted molar refractivity (Wildman–Crippen MR) is 103 cm³/mol. The van der Waals surface area contributed by atoms with Gasteiger partial charge in [-0.3, -0.25) is 14.9 Å². The smallest absolute Gasteiger partial charge is 0.277 e. The molecule has 9 heteroatoms. The zero-order chi connectivity index (χ0) is 20.7. The maximum atomic E-state index is 11.9. The van der Waals surface area contributed by atoms with Crippen LogP contribution in [0.3, 0.4) is 0 Å². The van der Waals surface area contributed by atoms with Crippen LogP contribution in [-0.4, -0.2) is 35.4 Å². The van der Waals surface area contributed by atoms with Gasteiger partial charge in [-0.2, -0.15) is 5.10 Å². The highest BCUT2D eigenvalue weighted by atomic mass is 16.6. The van der Waals surface area contributed by atoms with Gasteiger partial charge in [0.1, 0.15) is 5.75 Å². The van der Waals surface area contributed by atoms with E-state index in [9.17, 15) is 20.0 Å². The van der Waals surface area contributed by atoms with Crippen LogP contribution in [0.5, 0.6) is 17.2 Å². The van der Waals surface area contributed by atoms with Crippen LogP contribution in [0.1, 0.15) is 23.6 Å². The number of non-ortho nitro benzene ring substituents is 1. The summed E-state index contributed by atoms with van der Waals surface area (Å²) in [6, 6.07) is 7.83. The van der Waals surface area contributed by atoms with Crippen LogP contribution >= 0.6 is 0 Å². The van der Waals surface area contributed by atoms with Crippen molar-refractivity contribution in [2.75, 3.05) is 13.2 Å². The number of hydrazone groups is 1. The highest BCUT2D eigenvalue weighted by Crippen LogP contribution is 2.33. The molecule has 0 aliphatic carbocycles. The molecule has 0 aliphatic rings. The Labute approximate surface area is 161 Å². The van der Waals surface area contributed by atoms with E-state index in [2.05, 4.69) is 10.5 Å². The second-order valence-corrected chi connectivity index (χ2v) is 5.92. The van der Waals surface area contributed by atoms with Crippen molar-refractivity contribution in [3.05, 3.63) is 57.1 Å². The van der Waals surface area contributed by atoms with Gasteiger partial charge >= 0.3 is 0 Å². The molecular formula is C19H21N3O6. The van der Waals surface area contributed by atoms with Crippen molar-refractivity contribution in [2.45, 2.75) is 20.8 Å². The quantitative estimate of drug-likeness (QED) is 0.408. The third-order valence-electron chi connectivity index (χ3n) is 3.68. The first kappa shape index (κ1) is 20.7. The van der Waals surface area contributed by atoms with Crippen LogP contribution in [0, 0.1) is 24.0 Å². The van der Waals surface area contributed by atoms with E-state index in [4.69, 9.17) is 9.47 Å². The lowest BCUT2D eigenvalue weighted by molar-refractivity contribution is -0.385. The first-order valence-corrected chi connectivity index (χ1v) is 8.48. The van der Waals surface area contributed by atoms with Gasteiger partial charge < -0.3 is 14.6 Å². The van der Waals surface area contributed by atoms with Gasteiger partial charge in [0.05, 0.1) is 23.8 Å². The van der Waals surface area contributed by atoms with Gasteiger partial charge in [0, 0.05) is 11.6 Å². The summed E-state index contributed by atoms with van der Waals surface area (Å²) in [5.41, 5.74) is 4.00. The number of phenolic OH excluding ortho intramolecular Hbond substituents is 1. The Bertz CT molecular complexity index is 911. The summed E-state index contributed by atoms with van der Waals surface area (Å²) >= 11 is 0. The highest BCUT2D eigenvalue weighted by Gasteiger charge is 2.16. The number of benzene rings is 2. The molecule has 148 valence electrons.